The van der Waals surface area contributed by atoms with Crippen LogP contribution in [-0.4, -0.2) is 30.9 Å². The third-order valence-corrected chi connectivity index (χ3v) is 5.78. The molecule has 1 aliphatic heterocycles. The van der Waals surface area contributed by atoms with Crippen molar-refractivity contribution in [2.24, 2.45) is 17.8 Å². The van der Waals surface area contributed by atoms with Gasteiger partial charge < -0.3 is 4.74 Å². The van der Waals surface area contributed by atoms with E-state index < -0.39 is 5.91 Å². The number of hydrazine groups is 1. The molecule has 26 heavy (non-hydrogen) atoms. The van der Waals surface area contributed by atoms with Crippen molar-refractivity contribution < 1.29 is 19.1 Å². The predicted molar refractivity (Wildman–Crippen MR) is 94.1 cm³/mol. The van der Waals surface area contributed by atoms with Crippen molar-refractivity contribution in [2.45, 2.75) is 32.1 Å². The number of hydrogen-bond acceptors (Lipinski definition) is 4. The van der Waals surface area contributed by atoms with Crippen molar-refractivity contribution in [3.05, 3.63) is 24.3 Å². The van der Waals surface area contributed by atoms with Crippen molar-refractivity contribution in [3.8, 4) is 5.75 Å². The molecule has 3 aliphatic rings. The van der Waals surface area contributed by atoms with Crippen molar-refractivity contribution in [1.82, 2.24) is 10.9 Å². The van der Waals surface area contributed by atoms with E-state index in [1.165, 1.54) is 24.2 Å². The Morgan fingerprint density at radius 1 is 1.12 bits per heavy atom. The minimum atomic E-state index is -0.434. The summed E-state index contributed by atoms with van der Waals surface area (Å²) in [7, 11) is 0. The molecule has 1 aromatic rings. The molecule has 7 heteroatoms. The highest BCUT2D eigenvalue weighted by molar-refractivity contribution is 6.02. The average Bonchev–Trinajstić information content (AvgIpc) is 3.25. The van der Waals surface area contributed by atoms with Crippen LogP contribution in [0, 0.1) is 17.8 Å². The van der Waals surface area contributed by atoms with E-state index in [-0.39, 0.29) is 25.0 Å². The van der Waals surface area contributed by atoms with Gasteiger partial charge >= 0.3 is 0 Å². The van der Waals surface area contributed by atoms with Gasteiger partial charge in [-0.3, -0.25) is 30.1 Å². The largest absolute Gasteiger partial charge is 0.482 e. The number of nitrogens with zero attached hydrogens (tertiary/aromatic N) is 1. The molecule has 0 radical (unpaired) electrons. The number of rotatable bonds is 4. The number of ether oxygens (including phenoxy) is 1. The first-order valence-corrected chi connectivity index (χ1v) is 9.20. The zero-order valence-corrected chi connectivity index (χ0v) is 14.6. The second-order valence-corrected chi connectivity index (χ2v) is 7.47. The molecule has 1 heterocycles. The lowest BCUT2D eigenvalue weighted by atomic mass is 9.86. The summed E-state index contributed by atoms with van der Waals surface area (Å²) in [6.07, 6.45) is 5.37. The van der Waals surface area contributed by atoms with Gasteiger partial charge in [0, 0.05) is 6.42 Å². The molecule has 1 aromatic carbocycles. The Morgan fingerprint density at radius 2 is 1.92 bits per heavy atom. The summed E-state index contributed by atoms with van der Waals surface area (Å²) in [5.74, 6) is 1.59. The van der Waals surface area contributed by atoms with Crippen molar-refractivity contribution in [1.29, 1.82) is 0 Å². The van der Waals surface area contributed by atoms with Gasteiger partial charge in [-0.2, -0.15) is 0 Å². The number of benzene rings is 1. The normalized spacial score (nSPS) is 26.2. The molecule has 4 rings (SSSR count). The first-order valence-electron chi connectivity index (χ1n) is 9.20. The highest BCUT2D eigenvalue weighted by atomic mass is 16.5. The highest BCUT2D eigenvalue weighted by Crippen LogP contribution is 2.49. The summed E-state index contributed by atoms with van der Waals surface area (Å²) in [5.41, 5.74) is 5.48. The zero-order chi connectivity index (χ0) is 18.1. The van der Waals surface area contributed by atoms with E-state index in [4.69, 9.17) is 4.74 Å². The number of para-hydroxylation sites is 2. The van der Waals surface area contributed by atoms with Crippen LogP contribution in [-0.2, 0) is 14.4 Å². The Kier molecular flexibility index (Phi) is 4.53. The van der Waals surface area contributed by atoms with Gasteiger partial charge in [0.05, 0.1) is 5.69 Å². The lowest BCUT2D eigenvalue weighted by molar-refractivity contribution is -0.129. The van der Waals surface area contributed by atoms with Crippen LogP contribution >= 0.6 is 0 Å². The molecule has 2 bridgehead atoms. The molecule has 0 spiro atoms. The number of carbonyl (C=O) groups is 3. The molecule has 2 N–H and O–H groups in total. The number of hydrogen-bond donors (Lipinski definition) is 2. The number of fused-ring (bicyclic) bond motifs is 3. The van der Waals surface area contributed by atoms with Crippen molar-refractivity contribution >= 4 is 23.4 Å². The van der Waals surface area contributed by atoms with Gasteiger partial charge in [-0.1, -0.05) is 18.6 Å². The summed E-state index contributed by atoms with van der Waals surface area (Å²) in [4.78, 5) is 37.7. The minimum absolute atomic E-state index is 0.0963. The SMILES string of the molecule is O=C(C[C@H]1C[C@@H]2CC[C@@H]1C2)NNC(=O)CN1C(=O)COc2ccccc21. The maximum atomic E-state index is 12.2. The fraction of sp³-hybridized carbons (Fsp3) is 0.526. The number of carbonyl (C=O) groups excluding carboxylic acids is 3. The monoisotopic (exact) mass is 357 g/mol. The summed E-state index contributed by atoms with van der Waals surface area (Å²) in [6, 6.07) is 7.07. The third kappa shape index (κ3) is 3.38. The summed E-state index contributed by atoms with van der Waals surface area (Å²) in [6.45, 7) is -0.255. The van der Waals surface area contributed by atoms with Gasteiger partial charge in [0.25, 0.3) is 11.8 Å². The van der Waals surface area contributed by atoms with Crippen molar-refractivity contribution in [3.63, 3.8) is 0 Å². The number of anilines is 1. The second-order valence-electron chi connectivity index (χ2n) is 7.47. The van der Waals surface area contributed by atoms with Gasteiger partial charge in [0.1, 0.15) is 12.3 Å². The van der Waals surface area contributed by atoms with Crippen LogP contribution in [0.2, 0.25) is 0 Å². The first-order chi connectivity index (χ1) is 12.6. The van der Waals surface area contributed by atoms with Gasteiger partial charge in [-0.25, -0.2) is 0 Å². The number of amides is 3. The maximum absolute atomic E-state index is 12.2. The molecule has 2 fully saturated rings. The van der Waals surface area contributed by atoms with Crippen LogP contribution in [0.1, 0.15) is 32.1 Å². The van der Waals surface area contributed by atoms with E-state index in [0.717, 1.165) is 12.3 Å². The smallest absolute Gasteiger partial charge is 0.265 e. The molecule has 7 nitrogen and oxygen atoms in total. The highest BCUT2D eigenvalue weighted by Gasteiger charge is 2.40. The van der Waals surface area contributed by atoms with Crippen LogP contribution in [0.5, 0.6) is 5.75 Å². The molecule has 0 unspecified atom stereocenters. The summed E-state index contributed by atoms with van der Waals surface area (Å²) in [5, 5.41) is 0. The van der Waals surface area contributed by atoms with Gasteiger partial charge in [0.2, 0.25) is 5.91 Å². The quantitative estimate of drug-likeness (QED) is 0.797. The Balaban J connectivity index is 1.27. The Bertz CT molecular complexity index is 735. The van der Waals surface area contributed by atoms with Crippen LogP contribution in [0.25, 0.3) is 0 Å². The minimum Gasteiger partial charge on any atom is -0.482 e. The predicted octanol–water partition coefficient (Wildman–Crippen LogP) is 1.39. The van der Waals surface area contributed by atoms with E-state index in [2.05, 4.69) is 10.9 Å². The summed E-state index contributed by atoms with van der Waals surface area (Å²) < 4.78 is 5.35. The molecule has 2 aliphatic carbocycles. The molecular formula is C19H23N3O4. The van der Waals surface area contributed by atoms with Crippen LogP contribution < -0.4 is 20.5 Å². The average molecular weight is 357 g/mol. The standard InChI is InChI=1S/C19H23N3O4/c23-17(9-14-8-12-5-6-13(14)7-12)20-21-18(24)10-22-15-3-1-2-4-16(15)26-11-19(22)25/h1-4,12-14H,5-11H2,(H,20,23)(H,21,24)/t12-,13-,14-/m1/s1. The topological polar surface area (TPSA) is 87.7 Å². The Labute approximate surface area is 152 Å². The Hall–Kier alpha value is -2.57. The van der Waals surface area contributed by atoms with E-state index in [1.54, 1.807) is 18.2 Å². The second kappa shape index (κ2) is 6.97. The number of nitrogens with one attached hydrogen (secondary N) is 2. The van der Waals surface area contributed by atoms with Gasteiger partial charge in [-0.05, 0) is 49.1 Å². The molecule has 3 amide bonds. The van der Waals surface area contributed by atoms with E-state index >= 15 is 0 Å². The lowest BCUT2D eigenvalue weighted by Crippen LogP contribution is -2.50. The van der Waals surface area contributed by atoms with E-state index in [1.807, 2.05) is 6.07 Å². The summed E-state index contributed by atoms with van der Waals surface area (Å²) >= 11 is 0. The fourth-order valence-electron chi connectivity index (χ4n) is 4.57. The van der Waals surface area contributed by atoms with Gasteiger partial charge in [0.15, 0.2) is 6.61 Å². The van der Waals surface area contributed by atoms with E-state index in [9.17, 15) is 14.4 Å². The molecule has 0 saturated heterocycles. The third-order valence-electron chi connectivity index (χ3n) is 5.78. The molecule has 3 atom stereocenters. The van der Waals surface area contributed by atoms with Crippen LogP contribution in [0.3, 0.4) is 0 Å². The lowest BCUT2D eigenvalue weighted by Gasteiger charge is -2.28. The maximum Gasteiger partial charge on any atom is 0.265 e. The van der Waals surface area contributed by atoms with Crippen LogP contribution in [0.4, 0.5) is 5.69 Å². The molecule has 2 saturated carbocycles. The van der Waals surface area contributed by atoms with E-state index in [0.29, 0.717) is 29.7 Å². The molecule has 0 aromatic heterocycles. The zero-order valence-electron chi connectivity index (χ0n) is 14.6. The van der Waals surface area contributed by atoms with Crippen LogP contribution in [0.15, 0.2) is 24.3 Å². The van der Waals surface area contributed by atoms with Crippen molar-refractivity contribution in [2.75, 3.05) is 18.1 Å². The fourth-order valence-corrected chi connectivity index (χ4v) is 4.57. The molecule has 138 valence electrons. The van der Waals surface area contributed by atoms with Gasteiger partial charge in [-0.15, -0.1) is 0 Å². The molecular weight excluding hydrogens is 334 g/mol. The Morgan fingerprint density at radius 3 is 2.69 bits per heavy atom. The first kappa shape index (κ1) is 16.9.